The van der Waals surface area contributed by atoms with Crippen molar-refractivity contribution < 1.29 is 25.5 Å². The van der Waals surface area contributed by atoms with Crippen LogP contribution in [-0.2, 0) is 0 Å². The van der Waals surface area contributed by atoms with Gasteiger partial charge >= 0.3 is 0 Å². The minimum atomic E-state index is -1.53. The van der Waals surface area contributed by atoms with Crippen molar-refractivity contribution in [3.8, 4) is 0 Å². The molecule has 5 heteroatoms. The van der Waals surface area contributed by atoms with E-state index in [1.807, 2.05) is 20.8 Å². The molecule has 4 atom stereocenters. The SMILES string of the molecule is CC(C)(C)C[C@@H](O)[C@H](O)[C@@H](O)[C@@H](O)CO. The lowest BCUT2D eigenvalue weighted by molar-refractivity contribution is -0.121. The van der Waals surface area contributed by atoms with Gasteiger partial charge in [-0.25, -0.2) is 0 Å². The Hall–Kier alpha value is -0.200. The van der Waals surface area contributed by atoms with E-state index in [2.05, 4.69) is 0 Å². The summed E-state index contributed by atoms with van der Waals surface area (Å²) in [7, 11) is 0. The van der Waals surface area contributed by atoms with Gasteiger partial charge in [0.2, 0.25) is 0 Å². The highest BCUT2D eigenvalue weighted by Crippen LogP contribution is 2.23. The minimum Gasteiger partial charge on any atom is -0.394 e. The molecule has 0 rings (SSSR count). The average molecular weight is 222 g/mol. The molecular weight excluding hydrogens is 200 g/mol. The highest BCUT2D eigenvalue weighted by molar-refractivity contribution is 4.83. The fourth-order valence-corrected chi connectivity index (χ4v) is 1.31. The lowest BCUT2D eigenvalue weighted by atomic mass is 9.86. The van der Waals surface area contributed by atoms with E-state index >= 15 is 0 Å². The van der Waals surface area contributed by atoms with E-state index in [0.29, 0.717) is 6.42 Å². The molecule has 0 aliphatic rings. The largest absolute Gasteiger partial charge is 0.394 e. The molecule has 0 aromatic heterocycles. The van der Waals surface area contributed by atoms with Gasteiger partial charge in [0.25, 0.3) is 0 Å². The molecule has 0 aromatic carbocycles. The van der Waals surface area contributed by atoms with Crippen molar-refractivity contribution in [1.29, 1.82) is 0 Å². The molecule has 0 radical (unpaired) electrons. The molecule has 0 unspecified atom stereocenters. The van der Waals surface area contributed by atoms with Crippen molar-refractivity contribution in [2.24, 2.45) is 5.41 Å². The Morgan fingerprint density at radius 3 is 1.60 bits per heavy atom. The van der Waals surface area contributed by atoms with Crippen LogP contribution in [0.1, 0.15) is 27.2 Å². The van der Waals surface area contributed by atoms with Crippen molar-refractivity contribution in [2.45, 2.75) is 51.6 Å². The Bertz CT molecular complexity index is 177. The second-order valence-corrected chi connectivity index (χ2v) is 5.06. The first-order valence-corrected chi connectivity index (χ1v) is 5.02. The fraction of sp³-hybridized carbons (Fsp3) is 1.00. The molecule has 5 N–H and O–H groups in total. The van der Waals surface area contributed by atoms with Crippen LogP contribution in [0.4, 0.5) is 0 Å². The van der Waals surface area contributed by atoms with Crippen LogP contribution in [0.3, 0.4) is 0 Å². The van der Waals surface area contributed by atoms with Gasteiger partial charge in [-0.2, -0.15) is 0 Å². The Morgan fingerprint density at radius 1 is 0.867 bits per heavy atom. The van der Waals surface area contributed by atoms with Crippen LogP contribution in [0.2, 0.25) is 0 Å². The first-order valence-electron chi connectivity index (χ1n) is 5.02. The van der Waals surface area contributed by atoms with E-state index in [4.69, 9.17) is 10.2 Å². The molecule has 0 aliphatic heterocycles. The van der Waals surface area contributed by atoms with E-state index in [1.165, 1.54) is 0 Å². The molecule has 92 valence electrons. The third-order valence-corrected chi connectivity index (χ3v) is 2.15. The fourth-order valence-electron chi connectivity index (χ4n) is 1.31. The predicted octanol–water partition coefficient (Wildman–Crippen LogP) is -1.14. The monoisotopic (exact) mass is 222 g/mol. The van der Waals surface area contributed by atoms with Gasteiger partial charge in [-0.05, 0) is 11.8 Å². The van der Waals surface area contributed by atoms with Gasteiger partial charge in [0.05, 0.1) is 12.7 Å². The predicted molar refractivity (Wildman–Crippen MR) is 55.2 cm³/mol. The number of rotatable bonds is 5. The number of aliphatic hydroxyl groups excluding tert-OH is 5. The van der Waals surface area contributed by atoms with Crippen LogP contribution in [-0.4, -0.2) is 56.6 Å². The normalized spacial score (nSPS) is 20.8. The van der Waals surface area contributed by atoms with E-state index in [1.54, 1.807) is 0 Å². The molecular formula is C10H22O5. The standard InChI is InChI=1S/C10H22O5/c1-10(2,3)4-6(12)8(14)9(15)7(13)5-11/h6-9,11-15H,4-5H2,1-3H3/t6-,7+,8+,9+/m1/s1. The van der Waals surface area contributed by atoms with E-state index in [-0.39, 0.29) is 5.41 Å². The smallest absolute Gasteiger partial charge is 0.110 e. The Labute approximate surface area is 90.0 Å². The highest BCUT2D eigenvalue weighted by atomic mass is 16.4. The maximum absolute atomic E-state index is 9.57. The summed E-state index contributed by atoms with van der Waals surface area (Å²) >= 11 is 0. The van der Waals surface area contributed by atoms with Crippen molar-refractivity contribution in [1.82, 2.24) is 0 Å². The van der Waals surface area contributed by atoms with E-state index in [9.17, 15) is 15.3 Å². The number of aliphatic hydroxyl groups is 5. The second kappa shape index (κ2) is 5.77. The van der Waals surface area contributed by atoms with Crippen LogP contribution >= 0.6 is 0 Å². The Morgan fingerprint density at radius 2 is 1.27 bits per heavy atom. The molecule has 0 saturated carbocycles. The van der Waals surface area contributed by atoms with Crippen LogP contribution in [0.5, 0.6) is 0 Å². The summed E-state index contributed by atoms with van der Waals surface area (Å²) in [4.78, 5) is 0. The van der Waals surface area contributed by atoms with Crippen molar-refractivity contribution in [2.75, 3.05) is 6.61 Å². The third kappa shape index (κ3) is 5.44. The third-order valence-electron chi connectivity index (χ3n) is 2.15. The molecule has 0 fully saturated rings. The van der Waals surface area contributed by atoms with E-state index < -0.39 is 31.0 Å². The molecule has 0 amide bonds. The highest BCUT2D eigenvalue weighted by Gasteiger charge is 2.32. The second-order valence-electron chi connectivity index (χ2n) is 5.06. The summed E-state index contributed by atoms with van der Waals surface area (Å²) in [5, 5.41) is 46.0. The summed E-state index contributed by atoms with van der Waals surface area (Å²) in [6, 6.07) is 0. The van der Waals surface area contributed by atoms with Gasteiger partial charge in [0.1, 0.15) is 18.3 Å². The van der Waals surface area contributed by atoms with Gasteiger partial charge in [0, 0.05) is 0 Å². The maximum atomic E-state index is 9.57. The van der Waals surface area contributed by atoms with Gasteiger partial charge < -0.3 is 25.5 Å². The van der Waals surface area contributed by atoms with Crippen LogP contribution < -0.4 is 0 Å². The summed E-state index contributed by atoms with van der Waals surface area (Å²) in [5.74, 6) is 0. The lowest BCUT2D eigenvalue weighted by Crippen LogP contribution is -2.46. The molecule has 0 heterocycles. The van der Waals surface area contributed by atoms with Crippen molar-refractivity contribution >= 4 is 0 Å². The molecule has 0 saturated heterocycles. The van der Waals surface area contributed by atoms with Gasteiger partial charge in [-0.3, -0.25) is 0 Å². The van der Waals surface area contributed by atoms with Crippen molar-refractivity contribution in [3.63, 3.8) is 0 Å². The van der Waals surface area contributed by atoms with Gasteiger partial charge in [-0.15, -0.1) is 0 Å². The molecule has 15 heavy (non-hydrogen) atoms. The Kier molecular flexibility index (Phi) is 5.69. The average Bonchev–Trinajstić information content (AvgIpc) is 2.11. The lowest BCUT2D eigenvalue weighted by Gasteiger charge is -2.29. The topological polar surface area (TPSA) is 101 Å². The van der Waals surface area contributed by atoms with Crippen LogP contribution in [0.15, 0.2) is 0 Å². The minimum absolute atomic E-state index is 0.190. The summed E-state index contributed by atoms with van der Waals surface area (Å²) in [5.41, 5.74) is -0.190. The zero-order valence-corrected chi connectivity index (χ0v) is 9.46. The molecule has 0 aliphatic carbocycles. The van der Waals surface area contributed by atoms with Crippen LogP contribution in [0, 0.1) is 5.41 Å². The van der Waals surface area contributed by atoms with Gasteiger partial charge in [-0.1, -0.05) is 20.8 Å². The zero-order valence-electron chi connectivity index (χ0n) is 9.46. The number of hydrogen-bond acceptors (Lipinski definition) is 5. The quantitative estimate of drug-likeness (QED) is 0.405. The van der Waals surface area contributed by atoms with E-state index in [0.717, 1.165) is 0 Å². The van der Waals surface area contributed by atoms with Crippen molar-refractivity contribution in [3.05, 3.63) is 0 Å². The molecule has 0 bridgehead atoms. The summed E-state index contributed by atoms with van der Waals surface area (Å²) in [6.07, 6.45) is -5.25. The maximum Gasteiger partial charge on any atom is 0.110 e. The summed E-state index contributed by atoms with van der Waals surface area (Å²) < 4.78 is 0. The summed E-state index contributed by atoms with van der Waals surface area (Å²) in [6.45, 7) is 5.01. The van der Waals surface area contributed by atoms with Crippen LogP contribution in [0.25, 0.3) is 0 Å². The Balaban J connectivity index is 4.25. The molecule has 0 aromatic rings. The van der Waals surface area contributed by atoms with Gasteiger partial charge in [0.15, 0.2) is 0 Å². The zero-order chi connectivity index (χ0) is 12.2. The molecule has 0 spiro atoms. The number of hydrogen-bond donors (Lipinski definition) is 5. The molecule has 5 nitrogen and oxygen atoms in total. The first kappa shape index (κ1) is 14.8. The first-order chi connectivity index (χ1) is 6.69.